The van der Waals surface area contributed by atoms with Crippen LogP contribution in [0.3, 0.4) is 0 Å². The first-order valence-corrected chi connectivity index (χ1v) is 6.45. The molecule has 0 spiro atoms. The van der Waals surface area contributed by atoms with Crippen molar-refractivity contribution in [2.45, 2.75) is 19.1 Å². The van der Waals surface area contributed by atoms with Gasteiger partial charge in [-0.15, -0.1) is 0 Å². The third-order valence-corrected chi connectivity index (χ3v) is 3.12. The number of nitrogens with one attached hydrogen (secondary N) is 1. The molecule has 0 saturated carbocycles. The van der Waals surface area contributed by atoms with Gasteiger partial charge in [0.05, 0.1) is 0 Å². The number of alkyl halides is 2. The molecule has 0 fully saturated rings. The monoisotopic (exact) mass is 277 g/mol. The predicted molar refractivity (Wildman–Crippen MR) is 75.0 cm³/mol. The Morgan fingerprint density at radius 3 is 2.45 bits per heavy atom. The maximum absolute atomic E-state index is 12.2. The highest BCUT2D eigenvalue weighted by Gasteiger charge is 2.12. The maximum atomic E-state index is 12.2. The van der Waals surface area contributed by atoms with E-state index in [-0.39, 0.29) is 11.8 Å². The van der Waals surface area contributed by atoms with Gasteiger partial charge in [0.1, 0.15) is 5.75 Å². The van der Waals surface area contributed by atoms with Crippen LogP contribution in [0.1, 0.15) is 17.2 Å². The van der Waals surface area contributed by atoms with E-state index in [0.29, 0.717) is 0 Å². The van der Waals surface area contributed by atoms with E-state index < -0.39 is 6.61 Å². The highest BCUT2D eigenvalue weighted by atomic mass is 19.3. The zero-order valence-electron chi connectivity index (χ0n) is 11.2. The lowest BCUT2D eigenvalue weighted by Gasteiger charge is -2.17. The number of ether oxygens (including phenoxy) is 1. The molecular formula is C16H17F2NO. The Morgan fingerprint density at radius 1 is 1.05 bits per heavy atom. The minimum Gasteiger partial charge on any atom is -0.435 e. The molecule has 20 heavy (non-hydrogen) atoms. The van der Waals surface area contributed by atoms with Crippen molar-refractivity contribution in [1.29, 1.82) is 0 Å². The van der Waals surface area contributed by atoms with Crippen LogP contribution in [0.2, 0.25) is 0 Å². The van der Waals surface area contributed by atoms with E-state index in [0.717, 1.165) is 12.0 Å². The lowest BCUT2D eigenvalue weighted by molar-refractivity contribution is -0.0499. The van der Waals surface area contributed by atoms with Gasteiger partial charge in [0.2, 0.25) is 0 Å². The van der Waals surface area contributed by atoms with Crippen molar-refractivity contribution in [2.75, 3.05) is 7.05 Å². The minimum absolute atomic E-state index is 0.0543. The van der Waals surface area contributed by atoms with Gasteiger partial charge in [-0.2, -0.15) is 8.78 Å². The Morgan fingerprint density at radius 2 is 1.80 bits per heavy atom. The molecule has 2 nitrogen and oxygen atoms in total. The SMILES string of the molecule is CNC(Cc1ccccc1)c1cccc(OC(F)F)c1. The first-order chi connectivity index (χ1) is 9.69. The lowest BCUT2D eigenvalue weighted by Crippen LogP contribution is -2.19. The molecule has 2 aromatic rings. The van der Waals surface area contributed by atoms with Crippen LogP contribution in [-0.4, -0.2) is 13.7 Å². The van der Waals surface area contributed by atoms with E-state index >= 15 is 0 Å². The van der Waals surface area contributed by atoms with E-state index in [9.17, 15) is 8.78 Å². The summed E-state index contributed by atoms with van der Waals surface area (Å²) in [5.41, 5.74) is 2.11. The van der Waals surface area contributed by atoms with Gasteiger partial charge in [-0.3, -0.25) is 0 Å². The summed E-state index contributed by atoms with van der Waals surface area (Å²) in [7, 11) is 1.86. The first-order valence-electron chi connectivity index (χ1n) is 6.45. The summed E-state index contributed by atoms with van der Waals surface area (Å²) in [6, 6.07) is 16.9. The van der Waals surface area contributed by atoms with E-state index in [2.05, 4.69) is 10.1 Å². The first kappa shape index (κ1) is 14.5. The quantitative estimate of drug-likeness (QED) is 0.867. The Labute approximate surface area is 117 Å². The summed E-state index contributed by atoms with van der Waals surface area (Å²) >= 11 is 0. The van der Waals surface area contributed by atoms with Crippen LogP contribution in [0.25, 0.3) is 0 Å². The topological polar surface area (TPSA) is 21.3 Å². The average molecular weight is 277 g/mol. The molecular weight excluding hydrogens is 260 g/mol. The average Bonchev–Trinajstić information content (AvgIpc) is 2.45. The number of hydrogen-bond acceptors (Lipinski definition) is 2. The molecule has 4 heteroatoms. The van der Waals surface area contributed by atoms with E-state index in [1.807, 2.05) is 43.4 Å². The number of halogens is 2. The Balaban J connectivity index is 2.15. The van der Waals surface area contributed by atoms with Gasteiger partial charge in [0.25, 0.3) is 0 Å². The standard InChI is InChI=1S/C16H17F2NO/c1-19-15(10-12-6-3-2-4-7-12)13-8-5-9-14(11-13)20-16(17)18/h2-9,11,15-16,19H,10H2,1H3. The smallest absolute Gasteiger partial charge is 0.387 e. The molecule has 0 aliphatic carbocycles. The number of benzene rings is 2. The fourth-order valence-electron chi connectivity index (χ4n) is 2.14. The van der Waals surface area contributed by atoms with Crippen LogP contribution in [0.4, 0.5) is 8.78 Å². The van der Waals surface area contributed by atoms with Gasteiger partial charge >= 0.3 is 6.61 Å². The molecule has 0 amide bonds. The second-order valence-corrected chi connectivity index (χ2v) is 4.48. The molecule has 2 rings (SSSR count). The molecule has 0 aliphatic heterocycles. The molecule has 1 N–H and O–H groups in total. The number of hydrogen-bond donors (Lipinski definition) is 1. The van der Waals surface area contributed by atoms with Crippen molar-refractivity contribution in [3.63, 3.8) is 0 Å². The molecule has 0 aliphatic rings. The normalized spacial score (nSPS) is 12.4. The predicted octanol–water partition coefficient (Wildman–Crippen LogP) is 3.79. The third kappa shape index (κ3) is 4.03. The third-order valence-electron chi connectivity index (χ3n) is 3.12. The van der Waals surface area contributed by atoms with E-state index in [1.165, 1.54) is 11.6 Å². The highest BCUT2D eigenvalue weighted by Crippen LogP contribution is 2.23. The molecule has 0 heterocycles. The van der Waals surface area contributed by atoms with E-state index in [1.54, 1.807) is 12.1 Å². The second kappa shape index (κ2) is 7.01. The van der Waals surface area contributed by atoms with Gasteiger partial charge in [-0.05, 0) is 36.7 Å². The van der Waals surface area contributed by atoms with Crippen LogP contribution in [-0.2, 0) is 6.42 Å². The molecule has 106 valence electrons. The summed E-state index contributed by atoms with van der Waals surface area (Å²) in [6.07, 6.45) is 0.787. The Bertz CT molecular complexity index is 531. The largest absolute Gasteiger partial charge is 0.435 e. The van der Waals surface area contributed by atoms with Crippen LogP contribution >= 0.6 is 0 Å². The summed E-state index contributed by atoms with van der Waals surface area (Å²) in [4.78, 5) is 0. The van der Waals surface area contributed by atoms with Crippen molar-refractivity contribution in [3.05, 3.63) is 65.7 Å². The fourth-order valence-corrected chi connectivity index (χ4v) is 2.14. The number of rotatable bonds is 6. The molecule has 0 radical (unpaired) electrons. The summed E-state index contributed by atoms with van der Waals surface area (Å²) < 4.78 is 28.9. The van der Waals surface area contributed by atoms with Gasteiger partial charge < -0.3 is 10.1 Å². The molecule has 1 unspecified atom stereocenters. The van der Waals surface area contributed by atoms with Gasteiger partial charge in [-0.1, -0.05) is 42.5 Å². The summed E-state index contributed by atoms with van der Waals surface area (Å²) in [5.74, 6) is 0.186. The summed E-state index contributed by atoms with van der Waals surface area (Å²) in [5, 5.41) is 3.20. The molecule has 0 aromatic heterocycles. The molecule has 2 aromatic carbocycles. The molecule has 1 atom stereocenters. The Hall–Kier alpha value is -1.94. The van der Waals surface area contributed by atoms with Crippen LogP contribution in [0.15, 0.2) is 54.6 Å². The second-order valence-electron chi connectivity index (χ2n) is 4.48. The summed E-state index contributed by atoms with van der Waals surface area (Å²) in [6.45, 7) is -2.80. The zero-order chi connectivity index (χ0) is 14.4. The van der Waals surface area contributed by atoms with Crippen LogP contribution in [0, 0.1) is 0 Å². The maximum Gasteiger partial charge on any atom is 0.387 e. The lowest BCUT2D eigenvalue weighted by atomic mass is 9.99. The van der Waals surface area contributed by atoms with Gasteiger partial charge in [0.15, 0.2) is 0 Å². The molecule has 0 bridgehead atoms. The zero-order valence-corrected chi connectivity index (χ0v) is 11.2. The van der Waals surface area contributed by atoms with Crippen molar-refractivity contribution < 1.29 is 13.5 Å². The highest BCUT2D eigenvalue weighted by molar-refractivity contribution is 5.32. The Kier molecular flexibility index (Phi) is 5.07. The molecule has 0 saturated heterocycles. The van der Waals surface area contributed by atoms with Crippen LogP contribution < -0.4 is 10.1 Å². The van der Waals surface area contributed by atoms with Crippen molar-refractivity contribution >= 4 is 0 Å². The fraction of sp³-hybridized carbons (Fsp3) is 0.250. The van der Waals surface area contributed by atoms with E-state index in [4.69, 9.17) is 0 Å². The van der Waals surface area contributed by atoms with Crippen molar-refractivity contribution in [1.82, 2.24) is 5.32 Å². The van der Waals surface area contributed by atoms with Crippen LogP contribution in [0.5, 0.6) is 5.75 Å². The van der Waals surface area contributed by atoms with Crippen molar-refractivity contribution in [2.24, 2.45) is 0 Å². The van der Waals surface area contributed by atoms with Gasteiger partial charge in [-0.25, -0.2) is 0 Å². The minimum atomic E-state index is -2.80. The van der Waals surface area contributed by atoms with Crippen molar-refractivity contribution in [3.8, 4) is 5.75 Å². The van der Waals surface area contributed by atoms with Gasteiger partial charge in [0, 0.05) is 6.04 Å². The number of likely N-dealkylation sites (N-methyl/N-ethyl adjacent to an activating group) is 1.